The summed E-state index contributed by atoms with van der Waals surface area (Å²) < 4.78 is 10.4. The molecule has 0 saturated carbocycles. The molecule has 0 saturated heterocycles. The monoisotopic (exact) mass is 418 g/mol. The van der Waals surface area contributed by atoms with Crippen LogP contribution >= 0.6 is 0 Å². The van der Waals surface area contributed by atoms with E-state index in [-0.39, 0.29) is 40.4 Å². The Morgan fingerprint density at radius 3 is 2.16 bits per heavy atom. The predicted molar refractivity (Wildman–Crippen MR) is 104 cm³/mol. The van der Waals surface area contributed by atoms with Crippen molar-refractivity contribution in [1.82, 2.24) is 0 Å². The molecule has 1 heterocycles. The quantitative estimate of drug-likeness (QED) is 0.287. The van der Waals surface area contributed by atoms with E-state index < -0.39 is 35.7 Å². The lowest BCUT2D eigenvalue weighted by molar-refractivity contribution is -0.143. The van der Waals surface area contributed by atoms with Crippen LogP contribution in [0.15, 0.2) is 59.0 Å². The molecule has 154 valence electrons. The minimum Gasteiger partial charge on any atom is -0.478 e. The lowest BCUT2D eigenvalue weighted by Crippen LogP contribution is -2.18. The number of carboxylic acid groups (broad SMARTS) is 1. The fourth-order valence-corrected chi connectivity index (χ4v) is 3.19. The number of ketones is 3. The van der Waals surface area contributed by atoms with E-state index in [1.54, 1.807) is 12.1 Å². The van der Waals surface area contributed by atoms with E-state index in [1.165, 1.54) is 42.5 Å². The highest BCUT2D eigenvalue weighted by Gasteiger charge is 2.34. The molecule has 0 radical (unpaired) electrons. The summed E-state index contributed by atoms with van der Waals surface area (Å²) in [6, 6.07) is 13.2. The topological polar surface area (TPSA) is 128 Å². The standard InChI is InChI=1S/C23H14O8/c24-17(10-19(25)30-11-12-5-7-13(8-6-12)23(28)29)18-9-16-20(26)14-3-1-2-4-15(14)21(27)22(16)31-18/h1-9H,10-11H2,(H,28,29). The molecule has 4 rings (SSSR count). The number of benzene rings is 2. The molecule has 1 aliphatic carbocycles. The van der Waals surface area contributed by atoms with Gasteiger partial charge in [0.1, 0.15) is 13.0 Å². The number of ether oxygens (including phenoxy) is 1. The van der Waals surface area contributed by atoms with E-state index >= 15 is 0 Å². The number of Topliss-reactive ketones (excluding diaryl/α,β-unsaturated/α-hetero) is 1. The van der Waals surface area contributed by atoms with Crippen molar-refractivity contribution >= 4 is 29.3 Å². The molecule has 8 nitrogen and oxygen atoms in total. The van der Waals surface area contributed by atoms with Crippen LogP contribution in [0.4, 0.5) is 0 Å². The van der Waals surface area contributed by atoms with E-state index in [0.29, 0.717) is 5.56 Å². The molecule has 0 aliphatic heterocycles. The van der Waals surface area contributed by atoms with Gasteiger partial charge in [0, 0.05) is 11.1 Å². The van der Waals surface area contributed by atoms with Crippen molar-refractivity contribution in [3.8, 4) is 0 Å². The maximum Gasteiger partial charge on any atom is 0.335 e. The summed E-state index contributed by atoms with van der Waals surface area (Å²) >= 11 is 0. The summed E-state index contributed by atoms with van der Waals surface area (Å²) in [5, 5.41) is 8.87. The Balaban J connectivity index is 1.42. The van der Waals surface area contributed by atoms with Crippen LogP contribution in [0.1, 0.15) is 64.9 Å². The molecule has 0 unspecified atom stereocenters. The number of furan rings is 1. The molecule has 1 aliphatic rings. The summed E-state index contributed by atoms with van der Waals surface area (Å²) in [5.41, 5.74) is 1.06. The Morgan fingerprint density at radius 2 is 1.52 bits per heavy atom. The van der Waals surface area contributed by atoms with Crippen molar-refractivity contribution in [3.63, 3.8) is 0 Å². The van der Waals surface area contributed by atoms with Gasteiger partial charge < -0.3 is 14.3 Å². The zero-order valence-corrected chi connectivity index (χ0v) is 15.9. The van der Waals surface area contributed by atoms with Crippen molar-refractivity contribution in [3.05, 3.63) is 93.9 Å². The van der Waals surface area contributed by atoms with Crippen LogP contribution in [0.25, 0.3) is 0 Å². The second-order valence-electron chi connectivity index (χ2n) is 6.82. The van der Waals surface area contributed by atoms with Crippen molar-refractivity contribution in [2.45, 2.75) is 13.0 Å². The molecule has 1 N–H and O–H groups in total. The SMILES string of the molecule is O=C(CC(=O)c1cc2c(o1)C(=O)c1ccccc1C2=O)OCc1ccc(C(=O)O)cc1. The second kappa shape index (κ2) is 7.83. The number of hydrogen-bond donors (Lipinski definition) is 1. The number of aromatic carboxylic acids is 1. The molecule has 0 fully saturated rings. The maximum absolute atomic E-state index is 12.6. The first kappa shape index (κ1) is 20.0. The van der Waals surface area contributed by atoms with Gasteiger partial charge in [0.15, 0.2) is 17.3 Å². The van der Waals surface area contributed by atoms with Gasteiger partial charge in [-0.15, -0.1) is 0 Å². The minimum atomic E-state index is -1.07. The van der Waals surface area contributed by atoms with Gasteiger partial charge in [-0.25, -0.2) is 4.79 Å². The van der Waals surface area contributed by atoms with Crippen molar-refractivity contribution in [2.24, 2.45) is 0 Å². The summed E-state index contributed by atoms with van der Waals surface area (Å²) in [6.07, 6.45) is -0.644. The largest absolute Gasteiger partial charge is 0.478 e. The van der Waals surface area contributed by atoms with Crippen molar-refractivity contribution in [1.29, 1.82) is 0 Å². The summed E-state index contributed by atoms with van der Waals surface area (Å²) in [7, 11) is 0. The minimum absolute atomic E-state index is 0.0149. The normalized spacial score (nSPS) is 12.1. The van der Waals surface area contributed by atoms with Crippen molar-refractivity contribution < 1.29 is 38.2 Å². The number of carboxylic acids is 1. The highest BCUT2D eigenvalue weighted by molar-refractivity contribution is 6.28. The third-order valence-electron chi connectivity index (χ3n) is 4.78. The molecular weight excluding hydrogens is 404 g/mol. The van der Waals surface area contributed by atoms with Crippen LogP contribution in [-0.4, -0.2) is 34.4 Å². The molecule has 8 heteroatoms. The van der Waals surface area contributed by atoms with Crippen LogP contribution in [0.3, 0.4) is 0 Å². The predicted octanol–water partition coefficient (Wildman–Crippen LogP) is 3.07. The van der Waals surface area contributed by atoms with Gasteiger partial charge in [0.25, 0.3) is 0 Å². The molecule has 2 aromatic carbocycles. The third-order valence-corrected chi connectivity index (χ3v) is 4.78. The maximum atomic E-state index is 12.6. The number of carbonyl (C=O) groups excluding carboxylic acids is 4. The van der Waals surface area contributed by atoms with Gasteiger partial charge in [-0.2, -0.15) is 0 Å². The van der Waals surface area contributed by atoms with Gasteiger partial charge >= 0.3 is 11.9 Å². The van der Waals surface area contributed by atoms with Crippen LogP contribution in [0.5, 0.6) is 0 Å². The van der Waals surface area contributed by atoms with Crippen LogP contribution in [-0.2, 0) is 16.1 Å². The molecule has 0 spiro atoms. The number of fused-ring (bicyclic) bond motifs is 2. The first-order valence-corrected chi connectivity index (χ1v) is 9.18. The Hall–Kier alpha value is -4.33. The Labute approximate surface area is 175 Å². The molecule has 31 heavy (non-hydrogen) atoms. The zero-order chi connectivity index (χ0) is 22.1. The fourth-order valence-electron chi connectivity index (χ4n) is 3.19. The highest BCUT2D eigenvalue weighted by atomic mass is 16.5. The Morgan fingerprint density at radius 1 is 0.871 bits per heavy atom. The van der Waals surface area contributed by atoms with Gasteiger partial charge in [-0.3, -0.25) is 19.2 Å². The van der Waals surface area contributed by atoms with Gasteiger partial charge in [0.05, 0.1) is 11.1 Å². The molecule has 1 aromatic heterocycles. The number of hydrogen-bond acceptors (Lipinski definition) is 7. The molecule has 0 atom stereocenters. The Bertz CT molecular complexity index is 1190. The van der Waals surface area contributed by atoms with Gasteiger partial charge in [-0.1, -0.05) is 36.4 Å². The average molecular weight is 418 g/mol. The van der Waals surface area contributed by atoms with Crippen molar-refractivity contribution in [2.75, 3.05) is 0 Å². The number of carbonyl (C=O) groups is 5. The van der Waals surface area contributed by atoms with E-state index in [0.717, 1.165) is 0 Å². The second-order valence-corrected chi connectivity index (χ2v) is 6.82. The Kier molecular flexibility index (Phi) is 5.04. The van der Waals surface area contributed by atoms with Gasteiger partial charge in [-0.05, 0) is 23.8 Å². The van der Waals surface area contributed by atoms with Gasteiger partial charge in [0.2, 0.25) is 11.6 Å². The summed E-state index contributed by atoms with van der Waals surface area (Å²) in [5.74, 6) is -4.07. The number of esters is 1. The summed E-state index contributed by atoms with van der Waals surface area (Å²) in [4.78, 5) is 60.4. The summed E-state index contributed by atoms with van der Waals surface area (Å²) in [6.45, 7) is -0.146. The first-order chi connectivity index (χ1) is 14.8. The van der Waals surface area contributed by atoms with E-state index in [9.17, 15) is 24.0 Å². The van der Waals surface area contributed by atoms with Crippen LogP contribution in [0.2, 0.25) is 0 Å². The van der Waals surface area contributed by atoms with Crippen LogP contribution in [0, 0.1) is 0 Å². The van der Waals surface area contributed by atoms with E-state index in [1.807, 2.05) is 0 Å². The first-order valence-electron chi connectivity index (χ1n) is 9.18. The zero-order valence-electron chi connectivity index (χ0n) is 15.9. The lowest BCUT2D eigenvalue weighted by atomic mass is 9.88. The fraction of sp³-hybridized carbons (Fsp3) is 0.0870. The molecular formula is C23H14O8. The highest BCUT2D eigenvalue weighted by Crippen LogP contribution is 2.30. The molecule has 0 amide bonds. The average Bonchev–Trinajstić information content (AvgIpc) is 3.22. The smallest absolute Gasteiger partial charge is 0.335 e. The number of rotatable bonds is 6. The molecule has 3 aromatic rings. The van der Waals surface area contributed by atoms with Crippen LogP contribution < -0.4 is 0 Å². The lowest BCUT2D eigenvalue weighted by Gasteiger charge is -2.11. The molecule has 0 bridgehead atoms. The van der Waals surface area contributed by atoms with E-state index in [2.05, 4.69) is 0 Å². The van der Waals surface area contributed by atoms with E-state index in [4.69, 9.17) is 14.3 Å². The third kappa shape index (κ3) is 3.78.